The van der Waals surface area contributed by atoms with Crippen LogP contribution in [0.3, 0.4) is 0 Å². The van der Waals surface area contributed by atoms with E-state index in [9.17, 15) is 18.8 Å². The van der Waals surface area contributed by atoms with E-state index in [2.05, 4.69) is 16.0 Å². The number of benzene rings is 2. The van der Waals surface area contributed by atoms with Crippen LogP contribution in [0.5, 0.6) is 0 Å². The molecule has 0 aliphatic rings. The number of halogens is 1. The number of hydrogen-bond donors (Lipinski definition) is 5. The van der Waals surface area contributed by atoms with Crippen LogP contribution < -0.4 is 16.0 Å². The Morgan fingerprint density at radius 3 is 2.15 bits per heavy atom. The Labute approximate surface area is 198 Å². The van der Waals surface area contributed by atoms with Gasteiger partial charge in [-0.3, -0.25) is 19.8 Å². The lowest BCUT2D eigenvalue weighted by Gasteiger charge is -2.24. The summed E-state index contributed by atoms with van der Waals surface area (Å²) in [6, 6.07) is 12.9. The molecule has 0 spiro atoms. The van der Waals surface area contributed by atoms with Crippen LogP contribution in [-0.2, 0) is 27.3 Å². The highest BCUT2D eigenvalue weighted by molar-refractivity contribution is 6.59. The van der Waals surface area contributed by atoms with Crippen molar-refractivity contribution in [1.29, 1.82) is 10.8 Å². The van der Waals surface area contributed by atoms with Crippen molar-refractivity contribution in [3.63, 3.8) is 0 Å². The molecule has 0 heterocycles. The van der Waals surface area contributed by atoms with Gasteiger partial charge in [0.1, 0.15) is 23.6 Å². The van der Waals surface area contributed by atoms with Gasteiger partial charge >= 0.3 is 0 Å². The van der Waals surface area contributed by atoms with Crippen molar-refractivity contribution in [2.24, 2.45) is 5.92 Å². The summed E-state index contributed by atoms with van der Waals surface area (Å²) in [6.07, 6.45) is 1.11. The van der Waals surface area contributed by atoms with Crippen molar-refractivity contribution >= 4 is 29.6 Å². The van der Waals surface area contributed by atoms with Gasteiger partial charge in [-0.2, -0.15) is 0 Å². The van der Waals surface area contributed by atoms with Crippen molar-refractivity contribution < 1.29 is 18.8 Å². The molecule has 0 aliphatic heterocycles. The summed E-state index contributed by atoms with van der Waals surface area (Å²) in [7, 11) is 0. The van der Waals surface area contributed by atoms with E-state index in [-0.39, 0.29) is 24.7 Å². The number of nitrogens with one attached hydrogen (secondary N) is 5. The van der Waals surface area contributed by atoms with Crippen molar-refractivity contribution in [3.05, 3.63) is 71.5 Å². The highest BCUT2D eigenvalue weighted by Crippen LogP contribution is 2.09. The molecule has 8 nitrogen and oxygen atoms in total. The van der Waals surface area contributed by atoms with Crippen LogP contribution in [0.1, 0.15) is 31.4 Å². The van der Waals surface area contributed by atoms with E-state index < -0.39 is 35.5 Å². The highest BCUT2D eigenvalue weighted by Gasteiger charge is 2.28. The van der Waals surface area contributed by atoms with Crippen LogP contribution in [-0.4, -0.2) is 41.7 Å². The van der Waals surface area contributed by atoms with E-state index in [4.69, 9.17) is 10.8 Å². The molecule has 0 bridgehead atoms. The highest BCUT2D eigenvalue weighted by atomic mass is 19.1. The molecule has 2 atom stereocenters. The fraction of sp³-hybridized carbons (Fsp3) is 0.320. The Balaban J connectivity index is 2.13. The maximum atomic E-state index is 13.1. The van der Waals surface area contributed by atoms with Crippen LogP contribution in [0, 0.1) is 22.6 Å². The second-order valence-corrected chi connectivity index (χ2v) is 8.31. The third-order valence-corrected chi connectivity index (χ3v) is 5.01. The predicted molar refractivity (Wildman–Crippen MR) is 128 cm³/mol. The zero-order valence-electron chi connectivity index (χ0n) is 19.2. The molecule has 34 heavy (non-hydrogen) atoms. The van der Waals surface area contributed by atoms with Gasteiger partial charge in [0.05, 0.1) is 0 Å². The second-order valence-electron chi connectivity index (χ2n) is 8.31. The van der Waals surface area contributed by atoms with Crippen molar-refractivity contribution in [2.45, 2.75) is 45.3 Å². The SMILES string of the molecule is CC(C)C[C@H](NC(=O)[C@H](Cc1ccccc1)NC(=O)C(=N)C=N)C(=O)NCc1ccc(F)cc1. The van der Waals surface area contributed by atoms with Crippen molar-refractivity contribution in [1.82, 2.24) is 16.0 Å². The van der Waals surface area contributed by atoms with E-state index in [1.807, 2.05) is 19.9 Å². The molecule has 2 aromatic carbocycles. The summed E-state index contributed by atoms with van der Waals surface area (Å²) in [4.78, 5) is 38.2. The first-order chi connectivity index (χ1) is 16.2. The van der Waals surface area contributed by atoms with Crippen LogP contribution in [0.25, 0.3) is 0 Å². The molecule has 0 radical (unpaired) electrons. The molecule has 5 N–H and O–H groups in total. The van der Waals surface area contributed by atoms with Gasteiger partial charge in [-0.05, 0) is 35.6 Å². The molecule has 0 fully saturated rings. The maximum Gasteiger partial charge on any atom is 0.271 e. The fourth-order valence-electron chi connectivity index (χ4n) is 3.25. The van der Waals surface area contributed by atoms with E-state index in [1.54, 1.807) is 36.4 Å². The average Bonchev–Trinajstić information content (AvgIpc) is 2.82. The van der Waals surface area contributed by atoms with Crippen LogP contribution in [0.2, 0.25) is 0 Å². The Kier molecular flexibility index (Phi) is 10.1. The van der Waals surface area contributed by atoms with Gasteiger partial charge in [-0.25, -0.2) is 4.39 Å². The largest absolute Gasteiger partial charge is 0.350 e. The molecule has 0 saturated carbocycles. The van der Waals surface area contributed by atoms with Gasteiger partial charge in [-0.1, -0.05) is 56.3 Å². The minimum absolute atomic E-state index is 0.0927. The molecular weight excluding hydrogens is 437 g/mol. The molecule has 2 aromatic rings. The average molecular weight is 468 g/mol. The van der Waals surface area contributed by atoms with Crippen molar-refractivity contribution in [3.8, 4) is 0 Å². The Hall–Kier alpha value is -3.88. The molecule has 180 valence electrons. The van der Waals surface area contributed by atoms with Gasteiger partial charge in [0, 0.05) is 19.2 Å². The van der Waals surface area contributed by atoms with Gasteiger partial charge in [0.25, 0.3) is 5.91 Å². The molecule has 9 heteroatoms. The first kappa shape index (κ1) is 26.4. The minimum atomic E-state index is -1.05. The van der Waals surface area contributed by atoms with E-state index in [0.717, 1.165) is 5.56 Å². The normalized spacial score (nSPS) is 12.4. The number of carbonyl (C=O) groups is 3. The maximum absolute atomic E-state index is 13.1. The molecule has 0 aromatic heterocycles. The lowest BCUT2D eigenvalue weighted by molar-refractivity contribution is -0.131. The van der Waals surface area contributed by atoms with Crippen molar-refractivity contribution in [2.75, 3.05) is 0 Å². The monoisotopic (exact) mass is 467 g/mol. The topological polar surface area (TPSA) is 135 Å². The zero-order valence-corrected chi connectivity index (χ0v) is 19.2. The number of amides is 3. The first-order valence-corrected chi connectivity index (χ1v) is 11.0. The van der Waals surface area contributed by atoms with E-state index in [0.29, 0.717) is 18.2 Å². The molecule has 0 unspecified atom stereocenters. The Morgan fingerprint density at radius 2 is 1.56 bits per heavy atom. The Morgan fingerprint density at radius 1 is 0.912 bits per heavy atom. The molecule has 2 rings (SSSR count). The van der Waals surface area contributed by atoms with E-state index >= 15 is 0 Å². The van der Waals surface area contributed by atoms with Gasteiger partial charge in [0.2, 0.25) is 11.8 Å². The van der Waals surface area contributed by atoms with Crippen LogP contribution >= 0.6 is 0 Å². The molecular formula is C25H30FN5O3. The molecule has 3 amide bonds. The van der Waals surface area contributed by atoms with Crippen LogP contribution in [0.15, 0.2) is 54.6 Å². The molecule has 0 aliphatic carbocycles. The summed E-state index contributed by atoms with van der Waals surface area (Å²) < 4.78 is 13.1. The summed E-state index contributed by atoms with van der Waals surface area (Å²) in [6.45, 7) is 4.01. The third-order valence-electron chi connectivity index (χ3n) is 5.01. The van der Waals surface area contributed by atoms with E-state index in [1.165, 1.54) is 12.1 Å². The summed E-state index contributed by atoms with van der Waals surface area (Å²) in [5.74, 6) is -2.11. The number of hydrogen-bond acceptors (Lipinski definition) is 5. The smallest absolute Gasteiger partial charge is 0.271 e. The summed E-state index contributed by atoms with van der Waals surface area (Å²) >= 11 is 0. The predicted octanol–water partition coefficient (Wildman–Crippen LogP) is 2.37. The quantitative estimate of drug-likeness (QED) is 0.307. The third kappa shape index (κ3) is 8.57. The summed E-state index contributed by atoms with van der Waals surface area (Å²) in [5, 5.41) is 22.6. The molecule has 0 saturated heterocycles. The minimum Gasteiger partial charge on any atom is -0.350 e. The Bertz CT molecular complexity index is 1010. The first-order valence-electron chi connectivity index (χ1n) is 11.0. The van der Waals surface area contributed by atoms with Gasteiger partial charge in [-0.15, -0.1) is 0 Å². The standard InChI is InChI=1S/C25H30FN5O3/c1-16(2)12-21(24(33)29-15-18-8-10-19(26)11-9-18)31-25(34)22(30-23(32)20(28)14-27)13-17-6-4-3-5-7-17/h3-11,14,16,21-22,27-28H,12-13,15H2,1-2H3,(H,29,33)(H,30,32)(H,31,34)/t21-,22-/m0/s1. The summed E-state index contributed by atoms with van der Waals surface area (Å²) in [5.41, 5.74) is 0.913. The van der Waals surface area contributed by atoms with Gasteiger partial charge < -0.3 is 21.4 Å². The van der Waals surface area contributed by atoms with Gasteiger partial charge in [0.15, 0.2) is 0 Å². The fourth-order valence-corrected chi connectivity index (χ4v) is 3.25. The lowest BCUT2D eigenvalue weighted by Crippen LogP contribution is -2.55. The number of carbonyl (C=O) groups excluding carboxylic acids is 3. The van der Waals surface area contributed by atoms with Crippen LogP contribution in [0.4, 0.5) is 4.39 Å². The number of rotatable bonds is 12. The zero-order chi connectivity index (χ0) is 25.1. The lowest BCUT2D eigenvalue weighted by atomic mass is 10.0. The second kappa shape index (κ2) is 13.0.